The summed E-state index contributed by atoms with van der Waals surface area (Å²) in [6.45, 7) is 0. The molecule has 12 aromatic carbocycles. The van der Waals surface area contributed by atoms with Crippen LogP contribution in [-0.2, 0) is 0 Å². The molecule has 0 fully saturated rings. The second kappa shape index (κ2) is 19.9. The van der Waals surface area contributed by atoms with Crippen molar-refractivity contribution in [2.24, 2.45) is 0 Å². The van der Waals surface area contributed by atoms with Gasteiger partial charge >= 0.3 is 0 Å². The molecule has 6 nitrogen and oxygen atoms in total. The molecule has 10 heteroatoms. The molecule has 0 bridgehead atoms. The minimum absolute atomic E-state index is 0. The van der Waals surface area contributed by atoms with Crippen molar-refractivity contribution in [3.63, 3.8) is 0 Å². The number of aromatic nitrogens is 4. The van der Waals surface area contributed by atoms with Crippen LogP contribution in [0.15, 0.2) is 273 Å². The van der Waals surface area contributed by atoms with Gasteiger partial charge < -0.3 is 27.5 Å². The Morgan fingerprint density at radius 2 is 0.707 bits per heavy atom. The number of fused-ring (bicyclic) bond motifs is 20. The van der Waals surface area contributed by atoms with E-state index in [2.05, 4.69) is 228 Å². The van der Waals surface area contributed by atoms with Crippen LogP contribution in [0, 0.1) is 5.82 Å². The Kier molecular flexibility index (Phi) is 12.2. The van der Waals surface area contributed by atoms with Crippen LogP contribution >= 0.6 is 55.8 Å². The second-order valence-corrected chi connectivity index (χ2v) is 22.2. The summed E-state index contributed by atoms with van der Waals surface area (Å²) in [6.07, 6.45) is 0. The van der Waals surface area contributed by atoms with Crippen LogP contribution in [0.4, 0.5) is 4.39 Å². The van der Waals surface area contributed by atoms with Crippen LogP contribution in [0.1, 0.15) is 1.43 Å². The van der Waals surface area contributed by atoms with E-state index in [1.807, 2.05) is 65.2 Å². The Morgan fingerprint density at radius 1 is 0.317 bits per heavy atom. The van der Waals surface area contributed by atoms with Gasteiger partial charge in [-0.15, -0.1) is 24.0 Å². The first-order valence-electron chi connectivity index (χ1n) is 26.8. The number of rotatable bonds is 3. The van der Waals surface area contributed by atoms with Crippen molar-refractivity contribution < 1.29 is 14.7 Å². The first-order chi connectivity index (χ1) is 39.9. The largest absolute Gasteiger partial charge is 0.455 e. The smallest absolute Gasteiger partial charge is 0.147 e. The zero-order valence-electron chi connectivity index (χ0n) is 43.4. The van der Waals surface area contributed by atoms with Crippen molar-refractivity contribution in [2.45, 2.75) is 0 Å². The molecule has 0 aliphatic rings. The molecule has 6 heterocycles. The minimum Gasteiger partial charge on any atom is -0.455 e. The highest BCUT2D eigenvalue weighted by Gasteiger charge is 2.23. The quantitative estimate of drug-likeness (QED) is 0.179. The first-order valence-corrected chi connectivity index (χ1v) is 28.4. The highest BCUT2D eigenvalue weighted by molar-refractivity contribution is 14.0. The summed E-state index contributed by atoms with van der Waals surface area (Å²) in [4.78, 5) is 3.39. The number of para-hydroxylation sites is 9. The van der Waals surface area contributed by atoms with E-state index in [-0.39, 0.29) is 31.2 Å². The fourth-order valence-electron chi connectivity index (χ4n) is 12.5. The zero-order chi connectivity index (χ0) is 53.9. The van der Waals surface area contributed by atoms with E-state index in [0.717, 1.165) is 102 Å². The molecule has 394 valence electrons. The van der Waals surface area contributed by atoms with E-state index in [9.17, 15) is 4.39 Å². The number of nitrogens with one attached hydrogen (secondary N) is 1. The average Bonchev–Trinajstić information content (AvgIpc) is 2.43. The third-order valence-corrected chi connectivity index (χ3v) is 16.9. The molecule has 82 heavy (non-hydrogen) atoms. The van der Waals surface area contributed by atoms with Crippen molar-refractivity contribution >= 4 is 187 Å². The predicted octanol–water partition coefficient (Wildman–Crippen LogP) is 22.3. The molecular formula is C72H46Br2FIN4O2. The normalized spacial score (nSPS) is 11.7. The summed E-state index contributed by atoms with van der Waals surface area (Å²) in [5, 5.41) is 13.9. The first kappa shape index (κ1) is 50.1. The summed E-state index contributed by atoms with van der Waals surface area (Å²) in [5.74, 6) is -0.246. The summed E-state index contributed by atoms with van der Waals surface area (Å²) in [6, 6.07) is 87.1. The van der Waals surface area contributed by atoms with Gasteiger partial charge in [-0.2, -0.15) is 0 Å². The van der Waals surface area contributed by atoms with Crippen molar-refractivity contribution in [1.29, 1.82) is 0 Å². The number of benzene rings is 12. The predicted molar refractivity (Wildman–Crippen MR) is 359 cm³/mol. The number of halogens is 4. The number of nitrogens with zero attached hydrogens (tertiary/aromatic N) is 3. The molecule has 0 spiro atoms. The lowest BCUT2D eigenvalue weighted by Gasteiger charge is -2.16. The molecule has 0 amide bonds. The number of hydrogen-bond donors (Lipinski definition) is 1. The molecule has 18 aromatic rings. The lowest BCUT2D eigenvalue weighted by Crippen LogP contribution is -2.03. The molecule has 6 aromatic heterocycles. The van der Waals surface area contributed by atoms with Gasteiger partial charge in [0, 0.05) is 75.3 Å². The lowest BCUT2D eigenvalue weighted by molar-refractivity contribution is 0.621. The number of furan rings is 2. The van der Waals surface area contributed by atoms with Crippen molar-refractivity contribution in [2.75, 3.05) is 0 Å². The van der Waals surface area contributed by atoms with Crippen LogP contribution in [0.5, 0.6) is 0 Å². The molecule has 0 saturated heterocycles. The number of hydrogen-bond acceptors (Lipinski definition) is 2. The third kappa shape index (κ3) is 7.83. The number of H-pyrrole nitrogens is 1. The highest BCUT2D eigenvalue weighted by atomic mass is 127. The maximum absolute atomic E-state index is 14.6. The van der Waals surface area contributed by atoms with Crippen molar-refractivity contribution in [3.8, 4) is 17.1 Å². The Labute approximate surface area is 502 Å². The fourth-order valence-corrected chi connectivity index (χ4v) is 13.2. The van der Waals surface area contributed by atoms with E-state index in [1.165, 1.54) is 55.1 Å². The molecule has 18 rings (SSSR count). The van der Waals surface area contributed by atoms with Gasteiger partial charge in [0.1, 0.15) is 28.1 Å². The van der Waals surface area contributed by atoms with E-state index < -0.39 is 0 Å². The maximum Gasteiger partial charge on any atom is 0.147 e. The SMILES string of the molecule is Brc1ccc2c(c1)[nH]c1ccccc12.Brc1ccc2c3ccccc3n(-c3ccccc3-n3c4ccccc4c4c5oc6ccccc6c5ccc43)c2c1.Fc1ccccc1-n1c2ccccc2c2c3oc4ccccc4c3ccc21.I.[HH]. The van der Waals surface area contributed by atoms with Gasteiger partial charge in [-0.1, -0.05) is 177 Å². The summed E-state index contributed by atoms with van der Waals surface area (Å²) in [5.41, 5.74) is 15.3. The summed E-state index contributed by atoms with van der Waals surface area (Å²) >= 11 is 7.20. The minimum atomic E-state index is -0.246. The van der Waals surface area contributed by atoms with E-state index in [0.29, 0.717) is 5.69 Å². The fraction of sp³-hybridized carbons (Fsp3) is 0. The Morgan fingerprint density at radius 3 is 1.29 bits per heavy atom. The average molecular weight is 1300 g/mol. The Bertz CT molecular complexity index is 5580. The molecule has 0 unspecified atom stereocenters. The van der Waals surface area contributed by atoms with Gasteiger partial charge in [-0.05, 0) is 109 Å². The van der Waals surface area contributed by atoms with Gasteiger partial charge in [0.25, 0.3) is 0 Å². The topological polar surface area (TPSA) is 56.9 Å². The van der Waals surface area contributed by atoms with Crippen LogP contribution in [0.2, 0.25) is 0 Å². The summed E-state index contributed by atoms with van der Waals surface area (Å²) in [7, 11) is 0. The standard InChI is InChI=1S/C36H21BrN2O.C24H14FNO.C12H8BrN.HI.H2/c37-22-17-18-24-23-9-1-4-12-28(23)39(33(24)21-22)31-15-7-6-14-30(31)38-29-13-5-2-11-27(29)35-32(38)20-19-26-25-10-3-8-16-34(25)40-36(26)35;25-18-9-3-5-11-20(18)26-19-10-4-1-8-17(19)23-21(26)14-13-16-15-7-2-6-12-22(15)27-24(16)23;13-8-5-6-10-9-3-1-2-4-11(9)14-12(10)7-8;;/h1-21H;1-14H;1-7,14H;2*1H. The molecule has 0 aliphatic carbocycles. The molecule has 0 radical (unpaired) electrons. The molecule has 0 saturated carbocycles. The molecule has 1 N–H and O–H groups in total. The van der Waals surface area contributed by atoms with Crippen LogP contribution in [-0.4, -0.2) is 18.7 Å². The molecular weight excluding hydrogens is 1260 g/mol. The highest BCUT2D eigenvalue weighted by Crippen LogP contribution is 2.44. The van der Waals surface area contributed by atoms with E-state index in [1.54, 1.807) is 6.07 Å². The van der Waals surface area contributed by atoms with Crippen LogP contribution in [0.25, 0.3) is 148 Å². The van der Waals surface area contributed by atoms with Gasteiger partial charge in [0.15, 0.2) is 0 Å². The van der Waals surface area contributed by atoms with Crippen LogP contribution < -0.4 is 0 Å². The van der Waals surface area contributed by atoms with E-state index >= 15 is 0 Å². The van der Waals surface area contributed by atoms with Crippen LogP contribution in [0.3, 0.4) is 0 Å². The lowest BCUT2D eigenvalue weighted by atomic mass is 10.1. The molecule has 0 aliphatic heterocycles. The van der Waals surface area contributed by atoms with Gasteiger partial charge in [-0.3, -0.25) is 0 Å². The monoisotopic (exact) mass is 1300 g/mol. The van der Waals surface area contributed by atoms with Crippen molar-refractivity contribution in [1.82, 2.24) is 18.7 Å². The number of aromatic amines is 1. The third-order valence-electron chi connectivity index (χ3n) is 15.9. The molecule has 0 atom stereocenters. The Balaban J connectivity index is 0.000000123. The van der Waals surface area contributed by atoms with Gasteiger partial charge in [0.2, 0.25) is 0 Å². The Hall–Kier alpha value is -8.94. The van der Waals surface area contributed by atoms with Gasteiger partial charge in [0.05, 0.1) is 60.9 Å². The van der Waals surface area contributed by atoms with E-state index in [4.69, 9.17) is 8.83 Å². The summed E-state index contributed by atoms with van der Waals surface area (Å²) < 4.78 is 36.4. The second-order valence-electron chi connectivity index (χ2n) is 20.4. The maximum atomic E-state index is 14.6. The van der Waals surface area contributed by atoms with Gasteiger partial charge in [-0.25, -0.2) is 4.39 Å². The van der Waals surface area contributed by atoms with Crippen molar-refractivity contribution in [3.05, 3.63) is 270 Å². The zero-order valence-corrected chi connectivity index (χ0v) is 49.0.